The highest BCUT2D eigenvalue weighted by atomic mass is 19.4. The van der Waals surface area contributed by atoms with Gasteiger partial charge in [0.05, 0.1) is 11.3 Å². The molecular formula is C22H25F3N6O. The van der Waals surface area contributed by atoms with Crippen molar-refractivity contribution in [3.63, 3.8) is 0 Å². The van der Waals surface area contributed by atoms with Crippen molar-refractivity contribution < 1.29 is 18.0 Å². The van der Waals surface area contributed by atoms with Crippen molar-refractivity contribution in [1.82, 2.24) is 19.9 Å². The van der Waals surface area contributed by atoms with Crippen LogP contribution in [-0.4, -0.2) is 51.9 Å². The number of carbonyl (C=O) groups is 1. The van der Waals surface area contributed by atoms with Crippen LogP contribution in [0, 0.1) is 6.92 Å². The maximum atomic E-state index is 13.8. The van der Waals surface area contributed by atoms with Crippen LogP contribution < -0.4 is 10.6 Å². The molecule has 3 heterocycles. The van der Waals surface area contributed by atoms with Crippen LogP contribution in [0.15, 0.2) is 25.0 Å². The van der Waals surface area contributed by atoms with E-state index in [0.717, 1.165) is 17.1 Å². The van der Waals surface area contributed by atoms with Gasteiger partial charge in [0.25, 0.3) is 0 Å². The number of carbonyl (C=O) groups excluding carboxylic acids is 1. The molecule has 170 valence electrons. The summed E-state index contributed by atoms with van der Waals surface area (Å²) >= 11 is 0. The molecule has 0 aromatic carbocycles. The molecule has 1 saturated heterocycles. The Morgan fingerprint density at radius 2 is 1.97 bits per heavy atom. The zero-order chi connectivity index (χ0) is 23.0. The van der Waals surface area contributed by atoms with Crippen molar-refractivity contribution >= 4 is 17.5 Å². The third kappa shape index (κ3) is 4.13. The number of nitrogen functional groups attached to an aromatic ring is 1. The maximum absolute atomic E-state index is 13.8. The second kappa shape index (κ2) is 8.40. The molecule has 2 aromatic rings. The van der Waals surface area contributed by atoms with Gasteiger partial charge in [0.15, 0.2) is 0 Å². The monoisotopic (exact) mass is 446 g/mol. The average Bonchev–Trinajstić information content (AvgIpc) is 2.76. The molecule has 7 nitrogen and oxygen atoms in total. The summed E-state index contributed by atoms with van der Waals surface area (Å²) in [6.45, 7) is 7.32. The Balaban J connectivity index is 1.60. The zero-order valence-corrected chi connectivity index (χ0v) is 17.8. The summed E-state index contributed by atoms with van der Waals surface area (Å²) < 4.78 is 41.3. The smallest absolute Gasteiger partial charge is 0.384 e. The lowest BCUT2D eigenvalue weighted by atomic mass is 9.82. The molecule has 1 fully saturated rings. The molecule has 2 aliphatic rings. The number of amides is 1. The first-order chi connectivity index (χ1) is 15.2. The van der Waals surface area contributed by atoms with Crippen LogP contribution >= 0.6 is 0 Å². The highest BCUT2D eigenvalue weighted by Crippen LogP contribution is 2.42. The Morgan fingerprint density at radius 3 is 2.62 bits per heavy atom. The first-order valence-electron chi connectivity index (χ1n) is 10.5. The predicted molar refractivity (Wildman–Crippen MR) is 114 cm³/mol. The Kier molecular flexibility index (Phi) is 5.79. The van der Waals surface area contributed by atoms with Crippen molar-refractivity contribution in [3.8, 4) is 0 Å². The first-order valence-corrected chi connectivity index (χ1v) is 10.5. The molecule has 4 rings (SSSR count). The quantitative estimate of drug-likeness (QED) is 0.730. The minimum absolute atomic E-state index is 0.00244. The first kappa shape index (κ1) is 22.0. The van der Waals surface area contributed by atoms with E-state index in [0.29, 0.717) is 45.4 Å². The lowest BCUT2D eigenvalue weighted by Gasteiger charge is -2.37. The van der Waals surface area contributed by atoms with Gasteiger partial charge in [-0.25, -0.2) is 15.0 Å². The van der Waals surface area contributed by atoms with Gasteiger partial charge in [-0.15, -0.1) is 0 Å². The molecule has 1 aliphatic heterocycles. The van der Waals surface area contributed by atoms with E-state index < -0.39 is 17.7 Å². The summed E-state index contributed by atoms with van der Waals surface area (Å²) in [5, 5.41) is 0. The van der Waals surface area contributed by atoms with Crippen molar-refractivity contribution in [2.45, 2.75) is 38.3 Å². The molecule has 2 aromatic heterocycles. The molecule has 2 N–H and O–H groups in total. The number of aromatic nitrogens is 3. The minimum Gasteiger partial charge on any atom is -0.384 e. The van der Waals surface area contributed by atoms with E-state index in [1.54, 1.807) is 4.90 Å². The normalized spacial score (nSPS) is 18.9. The third-order valence-electron chi connectivity index (χ3n) is 6.19. The van der Waals surface area contributed by atoms with E-state index in [1.165, 1.54) is 25.4 Å². The lowest BCUT2D eigenvalue weighted by Crippen LogP contribution is -2.49. The summed E-state index contributed by atoms with van der Waals surface area (Å²) in [6.07, 6.45) is -0.335. The highest BCUT2D eigenvalue weighted by molar-refractivity contribution is 5.87. The van der Waals surface area contributed by atoms with Crippen LogP contribution in [-0.2, 0) is 23.8 Å². The van der Waals surface area contributed by atoms with E-state index in [4.69, 9.17) is 5.73 Å². The van der Waals surface area contributed by atoms with Gasteiger partial charge in [0.1, 0.15) is 18.0 Å². The van der Waals surface area contributed by atoms with E-state index >= 15 is 0 Å². The zero-order valence-electron chi connectivity index (χ0n) is 17.8. The number of alkyl halides is 3. The predicted octanol–water partition coefficient (Wildman–Crippen LogP) is 2.89. The van der Waals surface area contributed by atoms with Crippen LogP contribution in [0.1, 0.15) is 40.4 Å². The summed E-state index contributed by atoms with van der Waals surface area (Å²) in [7, 11) is 0. The number of nitrogens with two attached hydrogens (primary N) is 1. The largest absolute Gasteiger partial charge is 0.418 e. The molecule has 1 atom stereocenters. The molecule has 0 radical (unpaired) electrons. The summed E-state index contributed by atoms with van der Waals surface area (Å²) in [6, 6.07) is 1.26. The molecule has 1 amide bonds. The van der Waals surface area contributed by atoms with E-state index in [1.807, 2.05) is 0 Å². The number of halogens is 3. The SMILES string of the molecule is C=CC(=O)N1CCN(c2ncnc3c2CC[C@@H](c2nc(N)cc(C)c2C(F)(F)F)C3)CC1. The van der Waals surface area contributed by atoms with E-state index in [2.05, 4.69) is 26.4 Å². The van der Waals surface area contributed by atoms with Crippen LogP contribution in [0.25, 0.3) is 0 Å². The Hall–Kier alpha value is -3.17. The molecule has 0 spiro atoms. The fraction of sp³-hybridized carbons (Fsp3) is 0.455. The maximum Gasteiger partial charge on any atom is 0.418 e. The number of fused-ring (bicyclic) bond motifs is 1. The highest BCUT2D eigenvalue weighted by Gasteiger charge is 2.39. The molecular weight excluding hydrogens is 421 g/mol. The molecule has 0 saturated carbocycles. The van der Waals surface area contributed by atoms with Crippen molar-refractivity contribution in [2.75, 3.05) is 36.8 Å². The lowest BCUT2D eigenvalue weighted by molar-refractivity contribution is -0.139. The van der Waals surface area contributed by atoms with Crippen molar-refractivity contribution in [3.05, 3.63) is 53.1 Å². The number of rotatable bonds is 3. The third-order valence-corrected chi connectivity index (χ3v) is 6.19. The second-order valence-corrected chi connectivity index (χ2v) is 8.20. The van der Waals surface area contributed by atoms with Gasteiger partial charge in [-0.05, 0) is 43.9 Å². The summed E-state index contributed by atoms with van der Waals surface area (Å²) in [4.78, 5) is 28.6. The van der Waals surface area contributed by atoms with E-state index in [9.17, 15) is 18.0 Å². The fourth-order valence-corrected chi connectivity index (χ4v) is 4.69. The molecule has 0 bridgehead atoms. The summed E-state index contributed by atoms with van der Waals surface area (Å²) in [5.74, 6) is 0.368. The van der Waals surface area contributed by atoms with Crippen molar-refractivity contribution in [2.24, 2.45) is 0 Å². The number of aryl methyl sites for hydroxylation is 1. The molecule has 10 heteroatoms. The van der Waals surface area contributed by atoms with Crippen LogP contribution in [0.4, 0.5) is 24.8 Å². The Morgan fingerprint density at radius 1 is 1.25 bits per heavy atom. The van der Waals surface area contributed by atoms with Gasteiger partial charge in [-0.1, -0.05) is 6.58 Å². The fourth-order valence-electron chi connectivity index (χ4n) is 4.69. The van der Waals surface area contributed by atoms with Gasteiger partial charge in [0.2, 0.25) is 5.91 Å². The molecule has 32 heavy (non-hydrogen) atoms. The second-order valence-electron chi connectivity index (χ2n) is 8.20. The van der Waals surface area contributed by atoms with Gasteiger partial charge in [-0.2, -0.15) is 13.2 Å². The average molecular weight is 446 g/mol. The number of hydrogen-bond acceptors (Lipinski definition) is 6. The number of pyridine rings is 1. The molecule has 1 aliphatic carbocycles. The van der Waals surface area contributed by atoms with Gasteiger partial charge < -0.3 is 15.5 Å². The minimum atomic E-state index is -4.50. The van der Waals surface area contributed by atoms with Crippen LogP contribution in [0.2, 0.25) is 0 Å². The molecule has 0 unspecified atom stereocenters. The number of hydrogen-bond donors (Lipinski definition) is 1. The number of piperazine rings is 1. The Labute approximate surface area is 184 Å². The van der Waals surface area contributed by atoms with E-state index in [-0.39, 0.29) is 23.0 Å². The number of nitrogens with zero attached hydrogens (tertiary/aromatic N) is 5. The summed E-state index contributed by atoms with van der Waals surface area (Å²) in [5.41, 5.74) is 6.88. The number of anilines is 2. The topological polar surface area (TPSA) is 88.2 Å². The van der Waals surface area contributed by atoms with Gasteiger partial charge >= 0.3 is 6.18 Å². The Bertz CT molecular complexity index is 1050. The van der Waals surface area contributed by atoms with Gasteiger partial charge in [0, 0.05) is 43.4 Å². The standard InChI is InChI=1S/C22H25F3N6O/c1-3-18(32)30-6-8-31(9-7-30)21-15-5-4-14(11-16(15)27-12-28-21)20-19(22(23,24)25)13(2)10-17(26)29-20/h3,10,12,14H,1,4-9,11H2,2H3,(H2,26,29)/t14-/m1/s1. The van der Waals surface area contributed by atoms with Crippen molar-refractivity contribution in [1.29, 1.82) is 0 Å². The van der Waals surface area contributed by atoms with Crippen LogP contribution in [0.5, 0.6) is 0 Å². The van der Waals surface area contributed by atoms with Crippen LogP contribution in [0.3, 0.4) is 0 Å². The van der Waals surface area contributed by atoms with Gasteiger partial charge in [-0.3, -0.25) is 4.79 Å².